The summed E-state index contributed by atoms with van der Waals surface area (Å²) >= 11 is 5.39. The Balaban J connectivity index is 2.27. The van der Waals surface area contributed by atoms with E-state index in [0.717, 1.165) is 18.2 Å². The van der Waals surface area contributed by atoms with Crippen LogP contribution >= 0.6 is 11.6 Å². The van der Waals surface area contributed by atoms with Gasteiger partial charge in [0.25, 0.3) is 0 Å². The van der Waals surface area contributed by atoms with Gasteiger partial charge in [0.15, 0.2) is 0 Å². The topological polar surface area (TPSA) is 63.2 Å². The first kappa shape index (κ1) is 18.6. The Morgan fingerprint density at radius 1 is 1.32 bits per heavy atom. The first-order chi connectivity index (χ1) is 11.8. The Labute approximate surface area is 146 Å². The summed E-state index contributed by atoms with van der Waals surface area (Å²) in [7, 11) is 0. The van der Waals surface area contributed by atoms with Gasteiger partial charge in [0, 0.05) is 11.6 Å². The fraction of sp³-hybridized carbons (Fsp3) is 0.176. The van der Waals surface area contributed by atoms with Crippen molar-refractivity contribution in [3.05, 3.63) is 53.3 Å². The highest BCUT2D eigenvalue weighted by atomic mass is 35.5. The van der Waals surface area contributed by atoms with Crippen LogP contribution < -0.4 is 0 Å². The summed E-state index contributed by atoms with van der Waals surface area (Å²) in [5.74, 6) is -0.471. The van der Waals surface area contributed by atoms with E-state index in [9.17, 15) is 18.0 Å². The zero-order chi connectivity index (χ0) is 18.4. The number of halogens is 4. The molecule has 0 spiro atoms. The minimum absolute atomic E-state index is 0.0486. The molecule has 1 aromatic heterocycles. The highest BCUT2D eigenvalue weighted by molar-refractivity contribution is 6.18. The molecule has 0 saturated heterocycles. The van der Waals surface area contributed by atoms with Crippen LogP contribution in [0.1, 0.15) is 11.3 Å². The van der Waals surface area contributed by atoms with Crippen LogP contribution in [0.5, 0.6) is 0 Å². The molecule has 0 unspecified atom stereocenters. The van der Waals surface area contributed by atoms with E-state index in [0.29, 0.717) is 0 Å². The van der Waals surface area contributed by atoms with Crippen molar-refractivity contribution in [3.8, 4) is 17.4 Å². The van der Waals surface area contributed by atoms with Crippen molar-refractivity contribution < 1.29 is 27.1 Å². The molecule has 1 aromatic carbocycles. The van der Waals surface area contributed by atoms with Crippen LogP contribution in [0.3, 0.4) is 0 Å². The van der Waals surface area contributed by atoms with Crippen LogP contribution in [-0.4, -0.2) is 18.5 Å². The number of alkyl halides is 4. The van der Waals surface area contributed by atoms with Crippen molar-refractivity contribution in [1.29, 1.82) is 5.26 Å². The molecule has 2 aromatic rings. The van der Waals surface area contributed by atoms with Crippen molar-refractivity contribution in [2.45, 2.75) is 6.18 Å². The van der Waals surface area contributed by atoms with E-state index >= 15 is 0 Å². The SMILES string of the molecule is N#CC(=Cc1ccc(-c2cccc(C(F)(F)F)c2)o1)C(=O)OCCCl. The summed E-state index contributed by atoms with van der Waals surface area (Å²) in [5.41, 5.74) is -0.895. The lowest BCUT2D eigenvalue weighted by Gasteiger charge is -2.07. The molecule has 0 amide bonds. The maximum absolute atomic E-state index is 12.8. The summed E-state index contributed by atoms with van der Waals surface area (Å²) < 4.78 is 48.4. The van der Waals surface area contributed by atoms with Crippen LogP contribution in [0.15, 0.2) is 46.4 Å². The number of benzene rings is 1. The molecule has 0 bridgehead atoms. The van der Waals surface area contributed by atoms with Gasteiger partial charge in [-0.05, 0) is 24.3 Å². The van der Waals surface area contributed by atoms with E-state index < -0.39 is 17.7 Å². The molecular weight excluding hydrogens is 359 g/mol. The minimum atomic E-state index is -4.47. The van der Waals surface area contributed by atoms with Gasteiger partial charge in [-0.1, -0.05) is 12.1 Å². The number of furan rings is 1. The third-order valence-corrected chi connectivity index (χ3v) is 3.19. The Kier molecular flexibility index (Phi) is 5.88. The highest BCUT2D eigenvalue weighted by Gasteiger charge is 2.30. The largest absolute Gasteiger partial charge is 0.460 e. The number of carbonyl (C=O) groups is 1. The monoisotopic (exact) mass is 369 g/mol. The molecule has 0 fully saturated rings. The number of hydrogen-bond donors (Lipinski definition) is 0. The quantitative estimate of drug-likeness (QED) is 0.333. The van der Waals surface area contributed by atoms with Gasteiger partial charge in [-0.2, -0.15) is 18.4 Å². The number of hydrogen-bond acceptors (Lipinski definition) is 4. The molecule has 2 rings (SSSR count). The molecule has 25 heavy (non-hydrogen) atoms. The number of esters is 1. The maximum Gasteiger partial charge on any atom is 0.416 e. The molecule has 0 saturated carbocycles. The average molecular weight is 370 g/mol. The van der Waals surface area contributed by atoms with E-state index in [1.165, 1.54) is 24.3 Å². The van der Waals surface area contributed by atoms with Gasteiger partial charge in [0.2, 0.25) is 0 Å². The van der Waals surface area contributed by atoms with Crippen LogP contribution in [0, 0.1) is 11.3 Å². The van der Waals surface area contributed by atoms with Gasteiger partial charge in [0.05, 0.1) is 11.4 Å². The predicted octanol–water partition coefficient (Wildman–Crippen LogP) is 4.65. The zero-order valence-corrected chi connectivity index (χ0v) is 13.4. The molecule has 4 nitrogen and oxygen atoms in total. The smallest absolute Gasteiger partial charge is 0.416 e. The summed E-state index contributed by atoms with van der Waals surface area (Å²) in [6.45, 7) is -0.0486. The fourth-order valence-corrected chi connectivity index (χ4v) is 2.00. The number of ether oxygens (including phenoxy) is 1. The van der Waals surface area contributed by atoms with Crippen molar-refractivity contribution in [3.63, 3.8) is 0 Å². The molecule has 0 aliphatic heterocycles. The van der Waals surface area contributed by atoms with E-state index in [-0.39, 0.29) is 35.1 Å². The molecule has 0 aliphatic carbocycles. The van der Waals surface area contributed by atoms with Crippen molar-refractivity contribution in [2.75, 3.05) is 12.5 Å². The zero-order valence-electron chi connectivity index (χ0n) is 12.6. The second-order valence-electron chi connectivity index (χ2n) is 4.78. The van der Waals surface area contributed by atoms with Gasteiger partial charge >= 0.3 is 12.1 Å². The van der Waals surface area contributed by atoms with Crippen molar-refractivity contribution in [1.82, 2.24) is 0 Å². The first-order valence-electron chi connectivity index (χ1n) is 6.97. The number of nitriles is 1. The predicted molar refractivity (Wildman–Crippen MR) is 84.4 cm³/mol. The molecule has 0 radical (unpaired) electrons. The normalized spacial score (nSPS) is 11.9. The first-order valence-corrected chi connectivity index (χ1v) is 7.51. The molecule has 1 heterocycles. The van der Waals surface area contributed by atoms with Crippen LogP contribution in [0.2, 0.25) is 0 Å². The molecule has 0 atom stereocenters. The second-order valence-corrected chi connectivity index (χ2v) is 5.15. The van der Waals surface area contributed by atoms with Gasteiger partial charge in [0.1, 0.15) is 29.8 Å². The summed E-state index contributed by atoms with van der Waals surface area (Å²) in [6.07, 6.45) is -3.32. The van der Waals surface area contributed by atoms with Gasteiger partial charge < -0.3 is 9.15 Å². The lowest BCUT2D eigenvalue weighted by molar-refractivity contribution is -0.138. The second kappa shape index (κ2) is 7.90. The summed E-state index contributed by atoms with van der Waals surface area (Å²) in [6, 6.07) is 9.18. The molecule has 8 heteroatoms. The molecule has 0 aliphatic rings. The van der Waals surface area contributed by atoms with Crippen LogP contribution in [-0.2, 0) is 15.7 Å². The highest BCUT2D eigenvalue weighted by Crippen LogP contribution is 2.32. The number of carbonyl (C=O) groups excluding carboxylic acids is 1. The van der Waals surface area contributed by atoms with E-state index in [1.807, 2.05) is 0 Å². The third-order valence-electron chi connectivity index (χ3n) is 3.04. The fourth-order valence-electron chi connectivity index (χ4n) is 1.92. The lowest BCUT2D eigenvalue weighted by atomic mass is 10.1. The average Bonchev–Trinajstić information content (AvgIpc) is 3.05. The van der Waals surface area contributed by atoms with E-state index in [2.05, 4.69) is 0 Å². The Hall–Kier alpha value is -2.72. The standard InChI is InChI=1S/C17H11ClF3NO3/c18-6-7-24-16(23)12(10-22)9-14-4-5-15(25-14)11-2-1-3-13(8-11)17(19,20)21/h1-5,8-9H,6-7H2. The summed E-state index contributed by atoms with van der Waals surface area (Å²) in [5, 5.41) is 8.99. The number of rotatable bonds is 5. The molecular formula is C17H11ClF3NO3. The van der Waals surface area contributed by atoms with E-state index in [4.69, 9.17) is 26.0 Å². The Morgan fingerprint density at radius 2 is 2.08 bits per heavy atom. The van der Waals surface area contributed by atoms with Crippen LogP contribution in [0.4, 0.5) is 13.2 Å². The Morgan fingerprint density at radius 3 is 2.72 bits per heavy atom. The minimum Gasteiger partial charge on any atom is -0.460 e. The van der Waals surface area contributed by atoms with Crippen molar-refractivity contribution >= 4 is 23.6 Å². The number of nitrogens with zero attached hydrogens (tertiary/aromatic N) is 1. The van der Waals surface area contributed by atoms with Gasteiger partial charge in [-0.25, -0.2) is 4.79 Å². The van der Waals surface area contributed by atoms with Gasteiger partial charge in [-0.3, -0.25) is 0 Å². The Bertz CT molecular complexity index is 834. The lowest BCUT2D eigenvalue weighted by Crippen LogP contribution is -2.08. The van der Waals surface area contributed by atoms with E-state index in [1.54, 1.807) is 6.07 Å². The maximum atomic E-state index is 12.8. The molecule has 0 N–H and O–H groups in total. The molecule has 130 valence electrons. The van der Waals surface area contributed by atoms with Gasteiger partial charge in [-0.15, -0.1) is 11.6 Å². The summed E-state index contributed by atoms with van der Waals surface area (Å²) in [4.78, 5) is 11.6. The third kappa shape index (κ3) is 4.88. The van der Waals surface area contributed by atoms with Crippen molar-refractivity contribution in [2.24, 2.45) is 0 Å². The van der Waals surface area contributed by atoms with Crippen LogP contribution in [0.25, 0.3) is 17.4 Å².